The molecule has 0 bridgehead atoms. The van der Waals surface area contributed by atoms with Gasteiger partial charge in [0.15, 0.2) is 0 Å². The Morgan fingerprint density at radius 3 is 2.33 bits per heavy atom. The lowest BCUT2D eigenvalue weighted by atomic mass is 9.98. The van der Waals surface area contributed by atoms with E-state index in [0.717, 1.165) is 33.5 Å². The molecule has 0 fully saturated rings. The summed E-state index contributed by atoms with van der Waals surface area (Å²) in [5, 5.41) is 10.4. The van der Waals surface area contributed by atoms with Gasteiger partial charge in [0.25, 0.3) is 0 Å². The van der Waals surface area contributed by atoms with E-state index in [2.05, 4.69) is 0 Å². The number of carbonyl (C=O) groups is 1. The molecule has 0 aliphatic heterocycles. The Labute approximate surface area is 140 Å². The number of carboxylic acid groups (broad SMARTS) is 1. The van der Waals surface area contributed by atoms with Gasteiger partial charge in [0, 0.05) is 10.9 Å². The molecule has 3 aromatic rings. The maximum absolute atomic E-state index is 11.8. The zero-order valence-corrected chi connectivity index (χ0v) is 14.2. The number of methoxy groups -OCH3 is 1. The molecule has 24 heavy (non-hydrogen) atoms. The van der Waals surface area contributed by atoms with Crippen LogP contribution in [0.15, 0.2) is 36.4 Å². The minimum Gasteiger partial charge on any atom is -0.496 e. The summed E-state index contributed by atoms with van der Waals surface area (Å²) in [4.78, 5) is 16.5. The lowest BCUT2D eigenvalue weighted by Crippen LogP contribution is -2.02. The van der Waals surface area contributed by atoms with Gasteiger partial charge in [0.1, 0.15) is 5.75 Å². The molecule has 4 nitrogen and oxygen atoms in total. The highest BCUT2D eigenvalue weighted by Gasteiger charge is 2.16. The van der Waals surface area contributed by atoms with E-state index in [0.29, 0.717) is 11.1 Å². The molecule has 0 atom stereocenters. The van der Waals surface area contributed by atoms with E-state index in [4.69, 9.17) is 9.72 Å². The number of nitrogens with zero attached hydrogens (tertiary/aromatic N) is 1. The third-order valence-electron chi connectivity index (χ3n) is 4.29. The normalized spacial score (nSPS) is 10.8. The predicted octanol–water partition coefficient (Wildman–Crippen LogP) is 4.53. The summed E-state index contributed by atoms with van der Waals surface area (Å²) in [6.07, 6.45) is 0. The van der Waals surface area contributed by atoms with Gasteiger partial charge >= 0.3 is 5.97 Å². The second kappa shape index (κ2) is 5.96. The van der Waals surface area contributed by atoms with E-state index in [-0.39, 0.29) is 5.56 Å². The smallest absolute Gasteiger partial charge is 0.336 e. The van der Waals surface area contributed by atoms with Gasteiger partial charge in [0.05, 0.1) is 23.9 Å². The lowest BCUT2D eigenvalue weighted by molar-refractivity contribution is 0.0699. The Bertz CT molecular complexity index is 961. The number of rotatable bonds is 3. The van der Waals surface area contributed by atoms with Crippen molar-refractivity contribution in [3.8, 4) is 17.0 Å². The molecule has 0 aliphatic rings. The van der Waals surface area contributed by atoms with Gasteiger partial charge in [-0.05, 0) is 61.7 Å². The summed E-state index contributed by atoms with van der Waals surface area (Å²) < 4.78 is 5.29. The van der Waals surface area contributed by atoms with Crippen molar-refractivity contribution < 1.29 is 14.6 Å². The minimum absolute atomic E-state index is 0.282. The summed E-state index contributed by atoms with van der Waals surface area (Å²) in [5.41, 5.74) is 5.40. The third kappa shape index (κ3) is 2.60. The third-order valence-corrected chi connectivity index (χ3v) is 4.29. The number of hydrogen-bond donors (Lipinski definition) is 1. The molecule has 0 radical (unpaired) electrons. The molecule has 122 valence electrons. The first-order valence-corrected chi connectivity index (χ1v) is 7.71. The molecule has 2 aromatic carbocycles. The highest BCUT2D eigenvalue weighted by molar-refractivity contribution is 6.05. The molecular weight excluding hydrogens is 302 g/mol. The topological polar surface area (TPSA) is 59.4 Å². The van der Waals surface area contributed by atoms with Gasteiger partial charge in [-0.1, -0.05) is 12.1 Å². The molecule has 1 heterocycles. The van der Waals surface area contributed by atoms with E-state index in [1.165, 1.54) is 0 Å². The second-order valence-electron chi connectivity index (χ2n) is 5.97. The Morgan fingerprint density at radius 2 is 1.71 bits per heavy atom. The standard InChI is InChI=1S/C20H19NO3/c1-11-5-6-12(2)19-18(11)15(20(22)23)10-16(21-19)14-7-8-17(24-4)13(3)9-14/h5-10H,1-4H3,(H,22,23). The number of aromatic carboxylic acids is 1. The van der Waals surface area contributed by atoms with Crippen LogP contribution in [-0.4, -0.2) is 23.2 Å². The Balaban J connectivity index is 2.32. The Kier molecular flexibility index (Phi) is 3.97. The lowest BCUT2D eigenvalue weighted by Gasteiger charge is -2.12. The van der Waals surface area contributed by atoms with Gasteiger partial charge in [-0.2, -0.15) is 0 Å². The second-order valence-corrected chi connectivity index (χ2v) is 5.97. The van der Waals surface area contributed by atoms with Gasteiger partial charge < -0.3 is 9.84 Å². The number of hydrogen-bond acceptors (Lipinski definition) is 3. The number of ether oxygens (including phenoxy) is 1. The molecule has 0 saturated heterocycles. The Morgan fingerprint density at radius 1 is 1.00 bits per heavy atom. The molecule has 0 spiro atoms. The molecule has 1 N–H and O–H groups in total. The van der Waals surface area contributed by atoms with Gasteiger partial charge in [0.2, 0.25) is 0 Å². The van der Waals surface area contributed by atoms with Crippen molar-refractivity contribution in [2.45, 2.75) is 20.8 Å². The largest absolute Gasteiger partial charge is 0.496 e. The van der Waals surface area contributed by atoms with Crippen LogP contribution >= 0.6 is 0 Å². The fourth-order valence-corrected chi connectivity index (χ4v) is 3.00. The van der Waals surface area contributed by atoms with Crippen LogP contribution in [0.4, 0.5) is 0 Å². The van der Waals surface area contributed by atoms with Gasteiger partial charge in [-0.15, -0.1) is 0 Å². The van der Waals surface area contributed by atoms with Crippen LogP contribution < -0.4 is 4.74 Å². The molecule has 4 heteroatoms. The van der Waals surface area contributed by atoms with Crippen molar-refractivity contribution in [2.24, 2.45) is 0 Å². The highest BCUT2D eigenvalue weighted by atomic mass is 16.5. The van der Waals surface area contributed by atoms with E-state index >= 15 is 0 Å². The molecule has 0 saturated carbocycles. The summed E-state index contributed by atoms with van der Waals surface area (Å²) >= 11 is 0. The number of pyridine rings is 1. The minimum atomic E-state index is -0.942. The van der Waals surface area contributed by atoms with Crippen molar-refractivity contribution in [1.82, 2.24) is 4.98 Å². The van der Waals surface area contributed by atoms with Crippen LogP contribution in [0.3, 0.4) is 0 Å². The van der Waals surface area contributed by atoms with Crippen LogP contribution in [0.25, 0.3) is 22.2 Å². The van der Waals surface area contributed by atoms with Gasteiger partial charge in [-0.25, -0.2) is 9.78 Å². The number of fused-ring (bicyclic) bond motifs is 1. The number of benzene rings is 2. The molecule has 1 aromatic heterocycles. The van der Waals surface area contributed by atoms with Crippen LogP contribution in [0.1, 0.15) is 27.0 Å². The first kappa shape index (κ1) is 16.0. The fourth-order valence-electron chi connectivity index (χ4n) is 3.00. The van der Waals surface area contributed by atoms with E-state index in [9.17, 15) is 9.90 Å². The summed E-state index contributed by atoms with van der Waals surface area (Å²) in [6.45, 7) is 5.81. The zero-order valence-electron chi connectivity index (χ0n) is 14.2. The van der Waals surface area contributed by atoms with Crippen molar-refractivity contribution in [3.05, 3.63) is 58.7 Å². The molecule has 0 unspecified atom stereocenters. The molecular formula is C20H19NO3. The van der Waals surface area contributed by atoms with Crippen LogP contribution in [0.2, 0.25) is 0 Å². The molecule has 0 aliphatic carbocycles. The van der Waals surface area contributed by atoms with Crippen molar-refractivity contribution in [3.63, 3.8) is 0 Å². The summed E-state index contributed by atoms with van der Waals surface area (Å²) in [7, 11) is 1.63. The summed E-state index contributed by atoms with van der Waals surface area (Å²) in [5.74, 6) is -0.146. The summed E-state index contributed by atoms with van der Waals surface area (Å²) in [6, 6.07) is 11.3. The van der Waals surface area contributed by atoms with Crippen LogP contribution in [-0.2, 0) is 0 Å². The maximum Gasteiger partial charge on any atom is 0.336 e. The van der Waals surface area contributed by atoms with E-state index in [1.54, 1.807) is 13.2 Å². The van der Waals surface area contributed by atoms with Gasteiger partial charge in [-0.3, -0.25) is 0 Å². The average Bonchev–Trinajstić information content (AvgIpc) is 2.57. The van der Waals surface area contributed by atoms with Crippen LogP contribution in [0.5, 0.6) is 5.75 Å². The predicted molar refractivity (Wildman–Crippen MR) is 94.9 cm³/mol. The first-order valence-electron chi connectivity index (χ1n) is 7.71. The SMILES string of the molecule is COc1ccc(-c2cc(C(=O)O)c3c(C)ccc(C)c3n2)cc1C. The number of aryl methyl sites for hydroxylation is 3. The quantitative estimate of drug-likeness (QED) is 0.769. The number of aromatic nitrogens is 1. The highest BCUT2D eigenvalue weighted by Crippen LogP contribution is 2.31. The number of carboxylic acids is 1. The van der Waals surface area contributed by atoms with E-state index < -0.39 is 5.97 Å². The maximum atomic E-state index is 11.8. The zero-order chi connectivity index (χ0) is 17.4. The first-order chi connectivity index (χ1) is 11.4. The molecule has 0 amide bonds. The fraction of sp³-hybridized carbons (Fsp3) is 0.200. The molecule has 3 rings (SSSR count). The monoisotopic (exact) mass is 321 g/mol. The van der Waals surface area contributed by atoms with Crippen molar-refractivity contribution in [1.29, 1.82) is 0 Å². The Hall–Kier alpha value is -2.88. The van der Waals surface area contributed by atoms with E-state index in [1.807, 2.05) is 51.1 Å². The van der Waals surface area contributed by atoms with Crippen LogP contribution in [0, 0.1) is 20.8 Å². The average molecular weight is 321 g/mol. The van der Waals surface area contributed by atoms with Crippen molar-refractivity contribution >= 4 is 16.9 Å². The van der Waals surface area contributed by atoms with Crippen molar-refractivity contribution in [2.75, 3.05) is 7.11 Å².